The van der Waals surface area contributed by atoms with Crippen molar-refractivity contribution in [2.75, 3.05) is 59.0 Å². The van der Waals surface area contributed by atoms with E-state index in [2.05, 4.69) is 27.4 Å². The number of hydrogen-bond donors (Lipinski definition) is 2. The summed E-state index contributed by atoms with van der Waals surface area (Å²) in [5.74, 6) is 0.868. The van der Waals surface area contributed by atoms with Crippen LogP contribution >= 0.6 is 24.0 Å². The average molecular weight is 525 g/mol. The molecule has 0 bridgehead atoms. The summed E-state index contributed by atoms with van der Waals surface area (Å²) in [5, 5.41) is 6.70. The maximum atomic E-state index is 12.1. The first kappa shape index (κ1) is 26.2. The number of rotatable bonds is 7. The highest BCUT2D eigenvalue weighted by atomic mass is 127. The third-order valence-corrected chi connectivity index (χ3v) is 4.79. The van der Waals surface area contributed by atoms with Gasteiger partial charge in [-0.1, -0.05) is 0 Å². The lowest BCUT2D eigenvalue weighted by Gasteiger charge is -2.35. The van der Waals surface area contributed by atoms with E-state index in [1.807, 2.05) is 20.8 Å². The maximum absolute atomic E-state index is 12.1. The molecule has 0 radical (unpaired) electrons. The van der Waals surface area contributed by atoms with Crippen molar-refractivity contribution in [1.82, 2.24) is 20.4 Å². The lowest BCUT2D eigenvalue weighted by atomic mass is 10.2. The van der Waals surface area contributed by atoms with E-state index in [0.29, 0.717) is 0 Å². The fourth-order valence-corrected chi connectivity index (χ4v) is 3.31. The Balaban J connectivity index is 0.00000420. The van der Waals surface area contributed by atoms with Crippen LogP contribution < -0.4 is 10.6 Å². The molecule has 0 aliphatic carbocycles. The molecule has 0 aromatic carbocycles. The van der Waals surface area contributed by atoms with Crippen molar-refractivity contribution in [3.8, 4) is 0 Å². The molecule has 2 N–H and O–H groups in total. The third-order valence-electron chi connectivity index (χ3n) is 4.79. The van der Waals surface area contributed by atoms with Crippen LogP contribution in [0.15, 0.2) is 4.99 Å². The van der Waals surface area contributed by atoms with Crippen molar-refractivity contribution in [1.29, 1.82) is 0 Å². The second-order valence-corrected chi connectivity index (χ2v) is 8.44. The Hall–Kier alpha value is -0.810. The highest BCUT2D eigenvalue weighted by Gasteiger charge is 2.25. The minimum absolute atomic E-state index is 0. The summed E-state index contributed by atoms with van der Waals surface area (Å²) in [7, 11) is 0. The number of aliphatic imine (C=N–C) groups is 1. The molecular weight excluding hydrogens is 485 g/mol. The summed E-state index contributed by atoms with van der Waals surface area (Å²) in [6, 6.07) is 0. The van der Waals surface area contributed by atoms with Crippen molar-refractivity contribution in [2.24, 2.45) is 4.99 Å². The number of halogens is 1. The summed E-state index contributed by atoms with van der Waals surface area (Å²) in [6.07, 6.45) is 3.36. The smallest absolute Gasteiger partial charge is 0.410 e. The molecule has 29 heavy (non-hydrogen) atoms. The summed E-state index contributed by atoms with van der Waals surface area (Å²) in [5.41, 5.74) is -0.435. The molecule has 170 valence electrons. The van der Waals surface area contributed by atoms with E-state index in [0.717, 1.165) is 84.2 Å². The topological polar surface area (TPSA) is 78.4 Å². The summed E-state index contributed by atoms with van der Waals surface area (Å²) >= 11 is 0. The highest BCUT2D eigenvalue weighted by Crippen LogP contribution is 2.12. The van der Waals surface area contributed by atoms with Gasteiger partial charge < -0.3 is 25.0 Å². The first-order chi connectivity index (χ1) is 13.4. The maximum Gasteiger partial charge on any atom is 0.410 e. The van der Waals surface area contributed by atoms with Gasteiger partial charge in [0.15, 0.2) is 5.96 Å². The van der Waals surface area contributed by atoms with Crippen LogP contribution in [0.5, 0.6) is 0 Å². The van der Waals surface area contributed by atoms with Crippen molar-refractivity contribution < 1.29 is 14.3 Å². The van der Waals surface area contributed by atoms with Gasteiger partial charge in [0, 0.05) is 45.9 Å². The van der Waals surface area contributed by atoms with E-state index in [1.54, 1.807) is 4.90 Å². The van der Waals surface area contributed by atoms with Gasteiger partial charge in [0.05, 0.1) is 12.6 Å². The normalized spacial score (nSPS) is 20.9. The zero-order chi connectivity index (χ0) is 20.4. The minimum atomic E-state index is -0.435. The molecule has 2 aliphatic heterocycles. The van der Waals surface area contributed by atoms with Crippen LogP contribution in [0, 0.1) is 0 Å². The quantitative estimate of drug-likeness (QED) is 0.230. The minimum Gasteiger partial charge on any atom is -0.444 e. The van der Waals surface area contributed by atoms with Gasteiger partial charge in [-0.2, -0.15) is 0 Å². The van der Waals surface area contributed by atoms with E-state index in [-0.39, 0.29) is 36.2 Å². The lowest BCUT2D eigenvalue weighted by molar-refractivity contribution is 0.0145. The predicted molar refractivity (Wildman–Crippen MR) is 127 cm³/mol. The van der Waals surface area contributed by atoms with Gasteiger partial charge in [-0.05, 0) is 53.5 Å². The third kappa shape index (κ3) is 10.7. The number of nitrogens with zero attached hydrogens (tertiary/aromatic N) is 3. The molecule has 1 atom stereocenters. The van der Waals surface area contributed by atoms with Gasteiger partial charge in [-0.3, -0.25) is 9.89 Å². The highest BCUT2D eigenvalue weighted by molar-refractivity contribution is 14.0. The number of piperazine rings is 1. The molecule has 1 amide bonds. The number of amides is 1. The van der Waals surface area contributed by atoms with Crippen LogP contribution in [0.2, 0.25) is 0 Å². The number of carbonyl (C=O) groups excluding carboxylic acids is 1. The Labute approximate surface area is 193 Å². The first-order valence-corrected chi connectivity index (χ1v) is 10.7. The molecule has 0 saturated carbocycles. The van der Waals surface area contributed by atoms with Crippen LogP contribution in [0.25, 0.3) is 0 Å². The van der Waals surface area contributed by atoms with Crippen LogP contribution in [-0.2, 0) is 9.47 Å². The van der Waals surface area contributed by atoms with Crippen molar-refractivity contribution in [3.05, 3.63) is 0 Å². The Morgan fingerprint density at radius 2 is 1.93 bits per heavy atom. The van der Waals surface area contributed by atoms with Crippen molar-refractivity contribution >= 4 is 36.0 Å². The SMILES string of the molecule is CCNC(=NCC1CCCO1)NCCCN1CCN(C(=O)OC(C)(C)C)CC1.I. The summed E-state index contributed by atoms with van der Waals surface area (Å²) in [6.45, 7) is 15.4. The van der Waals surface area contributed by atoms with Crippen LogP contribution in [0.3, 0.4) is 0 Å². The molecule has 2 rings (SSSR count). The Bertz CT molecular complexity index is 499. The number of guanidine groups is 1. The molecule has 2 aliphatic rings. The standard InChI is InChI=1S/C20H39N5O3.HI/c1-5-21-18(23-16-17-8-6-15-27-17)22-9-7-10-24-11-13-25(14-12-24)19(26)28-20(2,3)4;/h17H,5-16H2,1-4H3,(H2,21,22,23);1H. The zero-order valence-electron chi connectivity index (χ0n) is 18.5. The summed E-state index contributed by atoms with van der Waals surface area (Å²) in [4.78, 5) is 21.0. The predicted octanol–water partition coefficient (Wildman–Crippen LogP) is 2.28. The second-order valence-electron chi connectivity index (χ2n) is 8.44. The van der Waals surface area contributed by atoms with E-state index < -0.39 is 5.60 Å². The van der Waals surface area contributed by atoms with E-state index in [1.165, 1.54) is 0 Å². The Morgan fingerprint density at radius 3 is 2.52 bits per heavy atom. The van der Waals surface area contributed by atoms with Gasteiger partial charge >= 0.3 is 6.09 Å². The van der Waals surface area contributed by atoms with Gasteiger partial charge in [0.1, 0.15) is 5.60 Å². The monoisotopic (exact) mass is 525 g/mol. The van der Waals surface area contributed by atoms with Crippen LogP contribution in [-0.4, -0.2) is 92.5 Å². The van der Waals surface area contributed by atoms with Crippen molar-refractivity contribution in [2.45, 2.75) is 58.7 Å². The van der Waals surface area contributed by atoms with E-state index in [4.69, 9.17) is 9.47 Å². The Morgan fingerprint density at radius 1 is 1.21 bits per heavy atom. The number of hydrogen-bond acceptors (Lipinski definition) is 5. The van der Waals surface area contributed by atoms with Gasteiger partial charge in [-0.15, -0.1) is 24.0 Å². The molecule has 0 aromatic heterocycles. The van der Waals surface area contributed by atoms with E-state index >= 15 is 0 Å². The number of carbonyl (C=O) groups is 1. The number of ether oxygens (including phenoxy) is 2. The molecule has 1 unspecified atom stereocenters. The lowest BCUT2D eigenvalue weighted by Crippen LogP contribution is -2.50. The fourth-order valence-electron chi connectivity index (χ4n) is 3.31. The van der Waals surface area contributed by atoms with Gasteiger partial charge in [0.25, 0.3) is 0 Å². The molecule has 8 nitrogen and oxygen atoms in total. The van der Waals surface area contributed by atoms with E-state index in [9.17, 15) is 4.79 Å². The largest absolute Gasteiger partial charge is 0.444 e. The first-order valence-electron chi connectivity index (χ1n) is 10.7. The average Bonchev–Trinajstić information content (AvgIpc) is 3.16. The fraction of sp³-hybridized carbons (Fsp3) is 0.900. The second kappa shape index (κ2) is 13.5. The van der Waals surface area contributed by atoms with Crippen LogP contribution in [0.4, 0.5) is 4.79 Å². The molecule has 0 spiro atoms. The number of nitrogens with one attached hydrogen (secondary N) is 2. The molecule has 2 saturated heterocycles. The summed E-state index contributed by atoms with van der Waals surface area (Å²) < 4.78 is 11.1. The Kier molecular flexibility index (Phi) is 12.2. The molecule has 2 heterocycles. The molecule has 0 aromatic rings. The molecular formula is C20H40IN5O3. The van der Waals surface area contributed by atoms with Gasteiger partial charge in [0.2, 0.25) is 0 Å². The zero-order valence-corrected chi connectivity index (χ0v) is 20.9. The molecule has 9 heteroatoms. The van der Waals surface area contributed by atoms with Crippen LogP contribution in [0.1, 0.15) is 47.0 Å². The van der Waals surface area contributed by atoms with Crippen molar-refractivity contribution in [3.63, 3.8) is 0 Å². The van der Waals surface area contributed by atoms with Gasteiger partial charge in [-0.25, -0.2) is 4.79 Å². The molecule has 2 fully saturated rings.